The van der Waals surface area contributed by atoms with Gasteiger partial charge in [-0.2, -0.15) is 0 Å². The summed E-state index contributed by atoms with van der Waals surface area (Å²) in [6.07, 6.45) is 1.31. The van der Waals surface area contributed by atoms with E-state index in [0.717, 1.165) is 24.0 Å². The molecule has 2 aliphatic carbocycles. The van der Waals surface area contributed by atoms with Crippen LogP contribution in [0.25, 0.3) is 11.1 Å². The summed E-state index contributed by atoms with van der Waals surface area (Å²) in [5, 5.41) is 11.6. The maximum atomic E-state index is 12.2. The van der Waals surface area contributed by atoms with E-state index in [0.29, 0.717) is 0 Å². The molecule has 2 aromatic rings. The lowest BCUT2D eigenvalue weighted by atomic mass is 9.98. The number of nitrogens with zero attached hydrogens (tertiary/aromatic N) is 1. The minimum Gasteiger partial charge on any atom is -0.480 e. The van der Waals surface area contributed by atoms with E-state index in [1.165, 1.54) is 16.0 Å². The van der Waals surface area contributed by atoms with Gasteiger partial charge in [-0.05, 0) is 35.1 Å². The van der Waals surface area contributed by atoms with Crippen LogP contribution in [-0.4, -0.2) is 66.9 Å². The number of carboxylic acids is 1. The summed E-state index contributed by atoms with van der Waals surface area (Å²) in [6.45, 7) is 0.642. The molecular weight excluding hydrogens is 424 g/mol. The van der Waals surface area contributed by atoms with Gasteiger partial charge in [0, 0.05) is 18.5 Å². The van der Waals surface area contributed by atoms with Crippen LogP contribution >= 0.6 is 0 Å². The molecule has 0 saturated heterocycles. The highest BCUT2D eigenvalue weighted by atomic mass is 16.5. The van der Waals surface area contributed by atoms with E-state index >= 15 is 0 Å². The normalized spacial score (nSPS) is 14.3. The van der Waals surface area contributed by atoms with Crippen molar-refractivity contribution in [2.75, 3.05) is 32.9 Å². The number of carbonyl (C=O) groups excluding carboxylic acids is 2. The zero-order valence-corrected chi connectivity index (χ0v) is 18.4. The largest absolute Gasteiger partial charge is 0.480 e. The number of rotatable bonds is 11. The van der Waals surface area contributed by atoms with Crippen molar-refractivity contribution in [1.29, 1.82) is 0 Å². The number of amides is 2. The van der Waals surface area contributed by atoms with E-state index in [9.17, 15) is 14.4 Å². The van der Waals surface area contributed by atoms with Gasteiger partial charge in [-0.3, -0.25) is 9.59 Å². The summed E-state index contributed by atoms with van der Waals surface area (Å²) in [4.78, 5) is 36.6. The van der Waals surface area contributed by atoms with Gasteiger partial charge >= 0.3 is 12.1 Å². The van der Waals surface area contributed by atoms with Crippen LogP contribution in [0.15, 0.2) is 48.5 Å². The third kappa shape index (κ3) is 5.70. The van der Waals surface area contributed by atoms with Crippen molar-refractivity contribution in [2.24, 2.45) is 0 Å². The number of ether oxygens (including phenoxy) is 2. The molecule has 0 radical (unpaired) electrons. The summed E-state index contributed by atoms with van der Waals surface area (Å²) >= 11 is 0. The molecule has 0 aromatic heterocycles. The zero-order valence-electron chi connectivity index (χ0n) is 18.4. The number of nitrogens with one attached hydrogen (secondary N) is 1. The molecule has 0 heterocycles. The first-order valence-electron chi connectivity index (χ1n) is 11.2. The standard InChI is InChI=1S/C25H28N2O6/c28-23(27(15-24(29)30)17-9-10-17)11-13-32-14-12-26-25(31)33-16-22-20-7-3-1-5-18(20)19-6-2-4-8-21(19)22/h1-8,17,22H,9-16H2,(H,26,31)(H,29,30). The number of benzene rings is 2. The molecule has 4 rings (SSSR count). The highest BCUT2D eigenvalue weighted by Crippen LogP contribution is 2.44. The van der Waals surface area contributed by atoms with Crippen LogP contribution in [0.4, 0.5) is 4.79 Å². The topological polar surface area (TPSA) is 105 Å². The van der Waals surface area contributed by atoms with E-state index in [-0.39, 0.29) is 57.2 Å². The number of hydrogen-bond acceptors (Lipinski definition) is 5. The van der Waals surface area contributed by atoms with Crippen molar-refractivity contribution in [1.82, 2.24) is 10.2 Å². The Morgan fingerprint density at radius 1 is 0.970 bits per heavy atom. The van der Waals surface area contributed by atoms with E-state index in [2.05, 4.69) is 29.6 Å². The second-order valence-corrected chi connectivity index (χ2v) is 8.26. The molecule has 2 N–H and O–H groups in total. The molecule has 2 aliphatic rings. The zero-order chi connectivity index (χ0) is 23.2. The van der Waals surface area contributed by atoms with Crippen LogP contribution in [0, 0.1) is 0 Å². The van der Waals surface area contributed by atoms with Crippen molar-refractivity contribution in [3.8, 4) is 11.1 Å². The van der Waals surface area contributed by atoms with Gasteiger partial charge < -0.3 is 24.8 Å². The summed E-state index contributed by atoms with van der Waals surface area (Å²) in [5.41, 5.74) is 4.66. The fourth-order valence-corrected chi connectivity index (χ4v) is 4.23. The van der Waals surface area contributed by atoms with Crippen LogP contribution < -0.4 is 5.32 Å². The number of hydrogen-bond donors (Lipinski definition) is 2. The average molecular weight is 453 g/mol. The molecule has 1 saturated carbocycles. The van der Waals surface area contributed by atoms with Gasteiger partial charge in [0.05, 0.1) is 19.6 Å². The SMILES string of the molecule is O=C(O)CN(C(=O)CCOCCNC(=O)OCC1c2ccccc2-c2ccccc21)C1CC1. The molecule has 174 valence electrons. The Morgan fingerprint density at radius 2 is 1.61 bits per heavy atom. The molecule has 2 aromatic carbocycles. The molecule has 0 bridgehead atoms. The number of carboxylic acid groups (broad SMARTS) is 1. The molecule has 8 heteroatoms. The smallest absolute Gasteiger partial charge is 0.407 e. The predicted molar refractivity (Wildman–Crippen MR) is 121 cm³/mol. The van der Waals surface area contributed by atoms with E-state index in [4.69, 9.17) is 14.6 Å². The Kier molecular flexibility index (Phi) is 7.24. The Labute approximate surface area is 192 Å². The van der Waals surface area contributed by atoms with Crippen LogP contribution in [0.5, 0.6) is 0 Å². The fraction of sp³-hybridized carbons (Fsp3) is 0.400. The Hall–Kier alpha value is -3.39. The van der Waals surface area contributed by atoms with Crippen LogP contribution in [0.1, 0.15) is 36.3 Å². The Balaban J connectivity index is 1.15. The monoisotopic (exact) mass is 452 g/mol. The second kappa shape index (κ2) is 10.5. The van der Waals surface area contributed by atoms with E-state index in [1.54, 1.807) is 0 Å². The Morgan fingerprint density at radius 3 is 2.21 bits per heavy atom. The van der Waals surface area contributed by atoms with Gasteiger partial charge in [0.15, 0.2) is 0 Å². The van der Waals surface area contributed by atoms with Gasteiger partial charge in [-0.1, -0.05) is 48.5 Å². The minimum atomic E-state index is -1.01. The highest BCUT2D eigenvalue weighted by Gasteiger charge is 2.33. The average Bonchev–Trinajstić information content (AvgIpc) is 3.60. The van der Waals surface area contributed by atoms with Crippen molar-refractivity contribution in [3.63, 3.8) is 0 Å². The lowest BCUT2D eigenvalue weighted by Gasteiger charge is -2.20. The van der Waals surface area contributed by atoms with Gasteiger partial charge in [0.25, 0.3) is 0 Å². The third-order valence-corrected chi connectivity index (χ3v) is 5.93. The first-order chi connectivity index (χ1) is 16.0. The van der Waals surface area contributed by atoms with Gasteiger partial charge in [0.1, 0.15) is 13.2 Å². The lowest BCUT2D eigenvalue weighted by Crippen LogP contribution is -2.38. The van der Waals surface area contributed by atoms with Crippen molar-refractivity contribution >= 4 is 18.0 Å². The summed E-state index contributed by atoms with van der Waals surface area (Å²) in [5.74, 6) is -1.22. The van der Waals surface area contributed by atoms with Crippen molar-refractivity contribution < 1.29 is 29.0 Å². The maximum absolute atomic E-state index is 12.2. The molecule has 0 atom stereocenters. The quantitative estimate of drug-likeness (QED) is 0.508. The summed E-state index contributed by atoms with van der Waals surface area (Å²) < 4.78 is 10.9. The number of fused-ring (bicyclic) bond motifs is 3. The van der Waals surface area contributed by atoms with Gasteiger partial charge in [-0.25, -0.2) is 4.79 Å². The molecule has 0 unspecified atom stereocenters. The first kappa shape index (κ1) is 22.8. The summed E-state index contributed by atoms with van der Waals surface area (Å²) in [6, 6.07) is 16.3. The predicted octanol–water partition coefficient (Wildman–Crippen LogP) is 3.01. The lowest BCUT2D eigenvalue weighted by molar-refractivity contribution is -0.145. The van der Waals surface area contributed by atoms with Crippen molar-refractivity contribution in [2.45, 2.75) is 31.2 Å². The molecule has 0 aliphatic heterocycles. The van der Waals surface area contributed by atoms with Crippen LogP contribution in [-0.2, 0) is 19.1 Å². The summed E-state index contributed by atoms with van der Waals surface area (Å²) in [7, 11) is 0. The molecule has 2 amide bonds. The van der Waals surface area contributed by atoms with E-state index < -0.39 is 12.1 Å². The number of alkyl carbamates (subject to hydrolysis) is 1. The van der Waals surface area contributed by atoms with Crippen molar-refractivity contribution in [3.05, 3.63) is 59.7 Å². The highest BCUT2D eigenvalue weighted by molar-refractivity contribution is 5.82. The van der Waals surface area contributed by atoms with Gasteiger partial charge in [0.2, 0.25) is 5.91 Å². The number of aliphatic carboxylic acids is 1. The molecule has 0 spiro atoms. The Bertz CT molecular complexity index is 974. The van der Waals surface area contributed by atoms with Crippen LogP contribution in [0.2, 0.25) is 0 Å². The minimum absolute atomic E-state index is 0.00521. The molecular formula is C25H28N2O6. The molecule has 33 heavy (non-hydrogen) atoms. The number of carbonyl (C=O) groups is 3. The maximum Gasteiger partial charge on any atom is 0.407 e. The third-order valence-electron chi connectivity index (χ3n) is 5.93. The molecule has 8 nitrogen and oxygen atoms in total. The fourth-order valence-electron chi connectivity index (χ4n) is 4.23. The van der Waals surface area contributed by atoms with Gasteiger partial charge in [-0.15, -0.1) is 0 Å². The molecule has 1 fully saturated rings. The second-order valence-electron chi connectivity index (χ2n) is 8.26. The van der Waals surface area contributed by atoms with Crippen LogP contribution in [0.3, 0.4) is 0 Å². The van der Waals surface area contributed by atoms with E-state index in [1.807, 2.05) is 24.3 Å². The first-order valence-corrected chi connectivity index (χ1v) is 11.2.